The van der Waals surface area contributed by atoms with Gasteiger partial charge in [-0.15, -0.1) is 0 Å². The number of rotatable bonds is 13. The van der Waals surface area contributed by atoms with Crippen LogP contribution in [0.15, 0.2) is 78.9 Å². The molecule has 1 aliphatic heterocycles. The van der Waals surface area contributed by atoms with Crippen molar-refractivity contribution < 1.29 is 28.2 Å². The van der Waals surface area contributed by atoms with E-state index in [0.717, 1.165) is 53.5 Å². The van der Waals surface area contributed by atoms with Gasteiger partial charge in [-0.2, -0.15) is 0 Å². The minimum Gasteiger partial charge on any atom is -0.379 e. The van der Waals surface area contributed by atoms with E-state index >= 15 is 0 Å². The average Bonchev–Trinajstić information content (AvgIpc) is 3.04. The monoisotopic (exact) mass is 617 g/mol. The normalized spacial score (nSPS) is 17.2. The molecule has 1 saturated heterocycles. The lowest BCUT2D eigenvalue weighted by molar-refractivity contribution is -0.168. The second-order valence-electron chi connectivity index (χ2n) is 11.7. The summed E-state index contributed by atoms with van der Waals surface area (Å²) in [6.07, 6.45) is 3.47. The summed E-state index contributed by atoms with van der Waals surface area (Å²) in [6.45, 7) is 9.40. The molecule has 0 aliphatic carbocycles. The molecule has 1 aromatic heterocycles. The van der Waals surface area contributed by atoms with Crippen LogP contribution in [-0.4, -0.2) is 36.2 Å². The van der Waals surface area contributed by atoms with Gasteiger partial charge < -0.3 is 23.6 Å². The Hall–Kier alpha value is -2.90. The molecule has 44 heavy (non-hydrogen) atoms. The van der Waals surface area contributed by atoms with Crippen LogP contribution in [-0.2, 0) is 35.3 Å². The Bertz CT molecular complexity index is 1560. The van der Waals surface area contributed by atoms with Gasteiger partial charge in [0.2, 0.25) is 0 Å². The number of ether oxygens (including phenoxy) is 2. The third-order valence-corrected chi connectivity index (χ3v) is 10.0. The molecule has 2 heterocycles. The van der Waals surface area contributed by atoms with Crippen molar-refractivity contribution in [3.8, 4) is 11.1 Å². The summed E-state index contributed by atoms with van der Waals surface area (Å²) >= 11 is 0. The number of aliphatic hydroxyl groups is 1. The van der Waals surface area contributed by atoms with Gasteiger partial charge in [-0.1, -0.05) is 74.5 Å². The van der Waals surface area contributed by atoms with Gasteiger partial charge in [0.25, 0.3) is 0 Å². The van der Waals surface area contributed by atoms with Gasteiger partial charge >= 0.3 is 7.60 Å². The zero-order valence-corrected chi connectivity index (χ0v) is 27.1. The number of fused-ring (bicyclic) bond motifs is 1. The highest BCUT2D eigenvalue weighted by molar-refractivity contribution is 7.62. The lowest BCUT2D eigenvalue weighted by Gasteiger charge is -2.30. The van der Waals surface area contributed by atoms with Crippen molar-refractivity contribution in [2.45, 2.75) is 71.9 Å². The van der Waals surface area contributed by atoms with E-state index in [1.807, 2.05) is 78.9 Å². The molecule has 0 saturated carbocycles. The Morgan fingerprint density at radius 2 is 1.68 bits per heavy atom. The highest BCUT2D eigenvalue weighted by Gasteiger charge is 2.36. The first-order chi connectivity index (χ1) is 21.3. The molecule has 1 aliphatic rings. The first kappa shape index (κ1) is 32.5. The van der Waals surface area contributed by atoms with Gasteiger partial charge in [0, 0.05) is 12.0 Å². The molecule has 0 bridgehead atoms. The third-order valence-electron chi connectivity index (χ3n) is 7.91. The molecule has 0 spiro atoms. The molecule has 7 nitrogen and oxygen atoms in total. The van der Waals surface area contributed by atoms with E-state index < -0.39 is 13.2 Å². The van der Waals surface area contributed by atoms with Gasteiger partial charge in [-0.25, -0.2) is 4.98 Å². The molecular weight excluding hydrogens is 573 g/mol. The van der Waals surface area contributed by atoms with Crippen molar-refractivity contribution in [3.63, 3.8) is 0 Å². The van der Waals surface area contributed by atoms with E-state index in [1.54, 1.807) is 13.8 Å². The summed E-state index contributed by atoms with van der Waals surface area (Å²) in [4.78, 5) is 5.01. The lowest BCUT2D eigenvalue weighted by atomic mass is 9.82. The van der Waals surface area contributed by atoms with Crippen LogP contribution >= 0.6 is 7.60 Å². The lowest BCUT2D eigenvalue weighted by Crippen LogP contribution is -2.30. The summed E-state index contributed by atoms with van der Waals surface area (Å²) in [6, 6.07) is 25.4. The van der Waals surface area contributed by atoms with E-state index in [1.165, 1.54) is 0 Å². The van der Waals surface area contributed by atoms with E-state index in [4.69, 9.17) is 23.5 Å². The van der Waals surface area contributed by atoms with Gasteiger partial charge in [0.05, 0.1) is 36.3 Å². The standard InChI is InChI=1S/C36H44NO6P/c1-5-42-44(39,43-6-2)32-23-30(28-17-15-27(16-18-28)25-41-34-14-10-11-21-40-34)22-29-19-20-33(37-35(29)32)36(38,24-26(3)4)31-12-8-7-9-13-31/h7-9,12-13,15-20,22-23,26,34,38H,5-6,10-11,14,21,24-25H2,1-4H3. The second-order valence-corrected chi connectivity index (χ2v) is 13.7. The van der Waals surface area contributed by atoms with Crippen LogP contribution in [0.25, 0.3) is 22.0 Å². The van der Waals surface area contributed by atoms with Crippen molar-refractivity contribution in [1.29, 1.82) is 0 Å². The van der Waals surface area contributed by atoms with Gasteiger partial charge in [0.15, 0.2) is 6.29 Å². The highest BCUT2D eigenvalue weighted by atomic mass is 31.2. The molecule has 2 atom stereocenters. The second kappa shape index (κ2) is 14.5. The topological polar surface area (TPSA) is 87.1 Å². The van der Waals surface area contributed by atoms with Gasteiger partial charge in [0.1, 0.15) is 5.60 Å². The molecule has 1 fully saturated rings. The first-order valence-corrected chi connectivity index (χ1v) is 17.3. The zero-order valence-electron chi connectivity index (χ0n) is 26.2. The minimum atomic E-state index is -3.75. The molecule has 2 unspecified atom stereocenters. The van der Waals surface area contributed by atoms with Crippen LogP contribution in [0, 0.1) is 5.92 Å². The van der Waals surface area contributed by atoms with E-state index in [0.29, 0.717) is 29.5 Å². The number of aromatic nitrogens is 1. The van der Waals surface area contributed by atoms with Crippen molar-refractivity contribution in [2.24, 2.45) is 5.92 Å². The quantitative estimate of drug-likeness (QED) is 0.152. The molecular formula is C36H44NO6P. The molecule has 4 aromatic rings. The predicted octanol–water partition coefficient (Wildman–Crippen LogP) is 8.12. The zero-order chi connectivity index (χ0) is 31.2. The summed E-state index contributed by atoms with van der Waals surface area (Å²) in [5.41, 5.74) is 3.28. The number of nitrogens with zero attached hydrogens (tertiary/aromatic N) is 1. The Morgan fingerprint density at radius 3 is 2.32 bits per heavy atom. The van der Waals surface area contributed by atoms with Crippen molar-refractivity contribution in [2.75, 3.05) is 19.8 Å². The molecule has 1 N–H and O–H groups in total. The van der Waals surface area contributed by atoms with Crippen LogP contribution < -0.4 is 5.30 Å². The first-order valence-electron chi connectivity index (χ1n) is 15.7. The summed E-state index contributed by atoms with van der Waals surface area (Å²) in [7, 11) is -3.75. The largest absolute Gasteiger partial charge is 0.379 e. The van der Waals surface area contributed by atoms with Crippen LogP contribution in [0.4, 0.5) is 0 Å². The van der Waals surface area contributed by atoms with Crippen molar-refractivity contribution in [1.82, 2.24) is 4.98 Å². The molecule has 0 amide bonds. The van der Waals surface area contributed by atoms with E-state index in [9.17, 15) is 9.67 Å². The third kappa shape index (κ3) is 7.31. The Labute approximate surface area is 261 Å². The van der Waals surface area contributed by atoms with Crippen molar-refractivity contribution in [3.05, 3.63) is 95.7 Å². The average molecular weight is 618 g/mol. The van der Waals surface area contributed by atoms with Crippen LogP contribution in [0.3, 0.4) is 0 Å². The molecule has 3 aromatic carbocycles. The fourth-order valence-electron chi connectivity index (χ4n) is 5.84. The minimum absolute atomic E-state index is 0.143. The maximum absolute atomic E-state index is 14.3. The summed E-state index contributed by atoms with van der Waals surface area (Å²) < 4.78 is 37.7. The van der Waals surface area contributed by atoms with Crippen LogP contribution in [0.5, 0.6) is 0 Å². The Kier molecular flexibility index (Phi) is 10.7. The summed E-state index contributed by atoms with van der Waals surface area (Å²) in [5, 5.41) is 13.3. The van der Waals surface area contributed by atoms with Gasteiger partial charge in [-0.3, -0.25) is 4.57 Å². The molecule has 0 radical (unpaired) electrons. The summed E-state index contributed by atoms with van der Waals surface area (Å²) in [5.74, 6) is 0.195. The smallest absolute Gasteiger partial charge is 0.363 e. The number of benzene rings is 3. The van der Waals surface area contributed by atoms with Crippen molar-refractivity contribution >= 4 is 23.8 Å². The fourth-order valence-corrected chi connectivity index (χ4v) is 7.61. The SMILES string of the molecule is CCOP(=O)(OCC)c1cc(-c2ccc(COC3CCCCO3)cc2)cc2ccc(C(O)(CC(C)C)c3ccccc3)nc12. The van der Waals surface area contributed by atoms with E-state index in [-0.39, 0.29) is 25.4 Å². The Balaban J connectivity index is 1.58. The van der Waals surface area contributed by atoms with Crippen LogP contribution in [0.2, 0.25) is 0 Å². The maximum Gasteiger partial charge on any atom is 0.363 e. The maximum atomic E-state index is 14.3. The Morgan fingerprint density at radius 1 is 0.955 bits per heavy atom. The molecule has 8 heteroatoms. The molecule has 5 rings (SSSR count). The van der Waals surface area contributed by atoms with Gasteiger partial charge in [-0.05, 0) is 85.9 Å². The number of hydrogen-bond donors (Lipinski definition) is 1. The highest BCUT2D eigenvalue weighted by Crippen LogP contribution is 2.49. The van der Waals surface area contributed by atoms with E-state index in [2.05, 4.69) is 13.8 Å². The number of pyridine rings is 1. The predicted molar refractivity (Wildman–Crippen MR) is 175 cm³/mol. The number of hydrogen-bond acceptors (Lipinski definition) is 7. The molecule has 234 valence electrons. The fraction of sp³-hybridized carbons (Fsp3) is 0.417. The van der Waals surface area contributed by atoms with Crippen LogP contribution in [0.1, 0.15) is 70.2 Å².